The number of ether oxygens (including phenoxy) is 1. The number of rotatable bonds is 9. The maximum atomic E-state index is 10.6. The van der Waals surface area contributed by atoms with Crippen molar-refractivity contribution in [3.8, 4) is 0 Å². The average Bonchev–Trinajstić information content (AvgIpc) is 2.44. The van der Waals surface area contributed by atoms with Crippen molar-refractivity contribution < 1.29 is 19.7 Å². The maximum absolute atomic E-state index is 10.6. The van der Waals surface area contributed by atoms with Crippen LogP contribution in [0.4, 0.5) is 0 Å². The van der Waals surface area contributed by atoms with Gasteiger partial charge in [0.05, 0.1) is 13.2 Å². The molecule has 1 aromatic carbocycles. The van der Waals surface area contributed by atoms with E-state index in [1.807, 2.05) is 24.3 Å². The van der Waals surface area contributed by atoms with Crippen molar-refractivity contribution in [2.24, 2.45) is 0 Å². The van der Waals surface area contributed by atoms with E-state index in [-0.39, 0.29) is 6.61 Å². The summed E-state index contributed by atoms with van der Waals surface area (Å²) in [5.74, 6) is -0.966. The summed E-state index contributed by atoms with van der Waals surface area (Å²) in [7, 11) is 1.64. The van der Waals surface area contributed by atoms with Crippen molar-refractivity contribution in [2.45, 2.75) is 6.54 Å². The van der Waals surface area contributed by atoms with Gasteiger partial charge in [-0.3, -0.25) is 4.90 Å². The van der Waals surface area contributed by atoms with Crippen LogP contribution in [0.3, 0.4) is 0 Å². The molecule has 20 heavy (non-hydrogen) atoms. The molecule has 0 atom stereocenters. The molecule has 5 heteroatoms. The molecule has 0 amide bonds. The Hall–Kier alpha value is -1.69. The number of carbonyl (C=O) groups is 1. The maximum Gasteiger partial charge on any atom is 0.328 e. The lowest BCUT2D eigenvalue weighted by Crippen LogP contribution is -2.30. The van der Waals surface area contributed by atoms with Gasteiger partial charge in [0.15, 0.2) is 0 Å². The van der Waals surface area contributed by atoms with Crippen LogP contribution in [-0.4, -0.2) is 54.5 Å². The number of hydrogen-bond donors (Lipinski definition) is 2. The molecular formula is C15H21NO4. The summed E-state index contributed by atoms with van der Waals surface area (Å²) in [5.41, 5.74) is 1.89. The highest BCUT2D eigenvalue weighted by molar-refractivity contribution is 5.85. The number of nitrogens with zero attached hydrogens (tertiary/aromatic N) is 1. The van der Waals surface area contributed by atoms with Crippen LogP contribution in [0.5, 0.6) is 0 Å². The lowest BCUT2D eigenvalue weighted by atomic mass is 10.1. The van der Waals surface area contributed by atoms with Crippen molar-refractivity contribution >= 4 is 12.0 Å². The van der Waals surface area contributed by atoms with Gasteiger partial charge in [-0.1, -0.05) is 24.3 Å². The van der Waals surface area contributed by atoms with Crippen molar-refractivity contribution in [3.63, 3.8) is 0 Å². The second-order valence-electron chi connectivity index (χ2n) is 4.36. The molecule has 0 bridgehead atoms. The summed E-state index contributed by atoms with van der Waals surface area (Å²) in [6.45, 7) is 2.59. The summed E-state index contributed by atoms with van der Waals surface area (Å²) in [5, 5.41) is 17.8. The molecule has 1 rings (SSSR count). The van der Waals surface area contributed by atoms with E-state index >= 15 is 0 Å². The number of carboxylic acid groups (broad SMARTS) is 1. The van der Waals surface area contributed by atoms with Crippen molar-refractivity contribution in [1.82, 2.24) is 4.90 Å². The molecule has 0 spiro atoms. The third-order valence-corrected chi connectivity index (χ3v) is 2.88. The van der Waals surface area contributed by atoms with E-state index in [0.717, 1.165) is 17.2 Å². The number of hydrogen-bond acceptors (Lipinski definition) is 4. The van der Waals surface area contributed by atoms with Gasteiger partial charge in [0.25, 0.3) is 0 Å². The number of aliphatic carboxylic acids is 1. The van der Waals surface area contributed by atoms with Gasteiger partial charge in [-0.25, -0.2) is 4.79 Å². The first-order valence-electron chi connectivity index (χ1n) is 6.48. The van der Waals surface area contributed by atoms with E-state index in [1.165, 1.54) is 0 Å². The molecule has 0 fully saturated rings. The lowest BCUT2D eigenvalue weighted by Gasteiger charge is -2.21. The Labute approximate surface area is 119 Å². The van der Waals surface area contributed by atoms with E-state index in [2.05, 4.69) is 4.90 Å². The van der Waals surface area contributed by atoms with Gasteiger partial charge in [-0.05, 0) is 17.2 Å². The third kappa shape index (κ3) is 5.97. The molecule has 5 nitrogen and oxygen atoms in total. The van der Waals surface area contributed by atoms with Crippen molar-refractivity contribution in [2.75, 3.05) is 33.4 Å². The first kappa shape index (κ1) is 16.4. The lowest BCUT2D eigenvalue weighted by molar-refractivity contribution is -0.131. The van der Waals surface area contributed by atoms with Crippen molar-refractivity contribution in [1.29, 1.82) is 0 Å². The Kier molecular flexibility index (Phi) is 7.57. The zero-order valence-electron chi connectivity index (χ0n) is 11.7. The first-order valence-corrected chi connectivity index (χ1v) is 6.48. The first-order chi connectivity index (χ1) is 9.67. The predicted molar refractivity (Wildman–Crippen MR) is 77.4 cm³/mol. The zero-order valence-corrected chi connectivity index (χ0v) is 11.7. The number of aliphatic hydroxyl groups excluding tert-OH is 1. The van der Waals surface area contributed by atoms with E-state index in [9.17, 15) is 4.79 Å². The monoisotopic (exact) mass is 279 g/mol. The molecule has 0 aliphatic rings. The largest absolute Gasteiger partial charge is 0.478 e. The molecule has 0 heterocycles. The highest BCUT2D eigenvalue weighted by atomic mass is 16.5. The Morgan fingerprint density at radius 1 is 1.35 bits per heavy atom. The molecule has 0 radical (unpaired) electrons. The second kappa shape index (κ2) is 9.25. The van der Waals surface area contributed by atoms with Gasteiger partial charge >= 0.3 is 5.97 Å². The Morgan fingerprint density at radius 2 is 2.10 bits per heavy atom. The van der Waals surface area contributed by atoms with Gasteiger partial charge in [-0.2, -0.15) is 0 Å². The number of benzene rings is 1. The minimum atomic E-state index is -0.966. The summed E-state index contributed by atoms with van der Waals surface area (Å²) < 4.78 is 5.05. The molecule has 0 aliphatic carbocycles. The summed E-state index contributed by atoms with van der Waals surface area (Å²) in [6.07, 6.45) is 2.72. The normalized spacial score (nSPS) is 11.3. The zero-order chi connectivity index (χ0) is 14.8. The van der Waals surface area contributed by atoms with Gasteiger partial charge in [0.1, 0.15) is 0 Å². The highest BCUT2D eigenvalue weighted by Crippen LogP contribution is 2.13. The smallest absolute Gasteiger partial charge is 0.328 e. The average molecular weight is 279 g/mol. The van der Waals surface area contributed by atoms with Crippen molar-refractivity contribution in [3.05, 3.63) is 41.5 Å². The quantitative estimate of drug-likeness (QED) is 0.665. The van der Waals surface area contributed by atoms with Crippen LogP contribution < -0.4 is 0 Å². The van der Waals surface area contributed by atoms with Gasteiger partial charge < -0.3 is 14.9 Å². The standard InChI is InChI=1S/C15H21NO4/c1-20-11-9-16(8-10-17)12-14-5-3-2-4-13(14)6-7-15(18)19/h2-7,17H,8-12H2,1H3,(H,18,19)/b7-6+. The summed E-state index contributed by atoms with van der Waals surface area (Å²) >= 11 is 0. The fourth-order valence-corrected chi connectivity index (χ4v) is 1.87. The van der Waals surface area contributed by atoms with Gasteiger partial charge in [-0.15, -0.1) is 0 Å². The van der Waals surface area contributed by atoms with Crippen LogP contribution in [0.2, 0.25) is 0 Å². The molecule has 1 aromatic rings. The fourth-order valence-electron chi connectivity index (χ4n) is 1.87. The molecule has 0 saturated carbocycles. The van der Waals surface area contributed by atoms with Crippen LogP contribution in [-0.2, 0) is 16.1 Å². The summed E-state index contributed by atoms with van der Waals surface area (Å²) in [6, 6.07) is 7.62. The van der Waals surface area contributed by atoms with Gasteiger partial charge in [0.2, 0.25) is 0 Å². The molecule has 0 aromatic heterocycles. The fraction of sp³-hybridized carbons (Fsp3) is 0.400. The topological polar surface area (TPSA) is 70.0 Å². The van der Waals surface area contributed by atoms with Gasteiger partial charge in [0, 0.05) is 32.8 Å². The molecule has 2 N–H and O–H groups in total. The molecule has 0 unspecified atom stereocenters. The third-order valence-electron chi connectivity index (χ3n) is 2.88. The number of carboxylic acids is 1. The van der Waals surface area contributed by atoms with Crippen LogP contribution >= 0.6 is 0 Å². The minimum Gasteiger partial charge on any atom is -0.478 e. The van der Waals surface area contributed by atoms with E-state index in [4.69, 9.17) is 14.9 Å². The Balaban J connectivity index is 2.80. The molecule has 110 valence electrons. The second-order valence-corrected chi connectivity index (χ2v) is 4.36. The van der Waals surface area contributed by atoms with Crippen LogP contribution in [0.25, 0.3) is 6.08 Å². The summed E-state index contributed by atoms with van der Waals surface area (Å²) in [4.78, 5) is 12.7. The number of aliphatic hydroxyl groups is 1. The Bertz CT molecular complexity index is 445. The molecule has 0 saturated heterocycles. The van der Waals surface area contributed by atoms with E-state index in [0.29, 0.717) is 26.2 Å². The highest BCUT2D eigenvalue weighted by Gasteiger charge is 2.07. The predicted octanol–water partition coefficient (Wildman–Crippen LogP) is 1.23. The molecule has 0 aliphatic heterocycles. The van der Waals surface area contributed by atoms with E-state index < -0.39 is 5.97 Å². The van der Waals surface area contributed by atoms with Crippen LogP contribution in [0.1, 0.15) is 11.1 Å². The molecular weight excluding hydrogens is 258 g/mol. The van der Waals surface area contributed by atoms with Crippen LogP contribution in [0.15, 0.2) is 30.3 Å². The minimum absolute atomic E-state index is 0.0802. The Morgan fingerprint density at radius 3 is 2.75 bits per heavy atom. The van der Waals surface area contributed by atoms with Crippen LogP contribution in [0, 0.1) is 0 Å². The SMILES string of the molecule is COCCN(CCO)Cc1ccccc1/C=C/C(=O)O. The number of methoxy groups -OCH3 is 1. The van der Waals surface area contributed by atoms with E-state index in [1.54, 1.807) is 13.2 Å².